The number of nitrogens with zero attached hydrogens (tertiary/aromatic N) is 2. The number of rotatable bonds is 3. The van der Waals surface area contributed by atoms with Gasteiger partial charge < -0.3 is 20.4 Å². The van der Waals surface area contributed by atoms with Crippen molar-refractivity contribution in [3.8, 4) is 0 Å². The van der Waals surface area contributed by atoms with Crippen LogP contribution in [-0.4, -0.2) is 77.1 Å². The molecule has 144 valence electrons. The minimum absolute atomic E-state index is 0.0807. The molecule has 26 heavy (non-hydrogen) atoms. The van der Waals surface area contributed by atoms with Gasteiger partial charge in [0.15, 0.2) is 0 Å². The molecule has 1 heterocycles. The highest BCUT2D eigenvalue weighted by Gasteiger charge is 2.23. The lowest BCUT2D eigenvalue weighted by Crippen LogP contribution is -2.43. The van der Waals surface area contributed by atoms with Gasteiger partial charge in [0.2, 0.25) is 5.91 Å². The summed E-state index contributed by atoms with van der Waals surface area (Å²) in [6.45, 7) is 8.13. The Kier molecular flexibility index (Phi) is 8.74. The summed E-state index contributed by atoms with van der Waals surface area (Å²) in [6.07, 6.45) is 1.12. The van der Waals surface area contributed by atoms with Crippen molar-refractivity contribution < 1.29 is 24.6 Å². The van der Waals surface area contributed by atoms with Gasteiger partial charge in [-0.2, -0.15) is 0 Å². The summed E-state index contributed by atoms with van der Waals surface area (Å²) in [4.78, 5) is 35.1. The number of nitrogens with one attached hydrogen (secondary N) is 1. The number of anilines is 1. The second-order valence-corrected chi connectivity index (χ2v) is 6.33. The van der Waals surface area contributed by atoms with Crippen LogP contribution in [0.5, 0.6) is 0 Å². The third kappa shape index (κ3) is 7.62. The topological polar surface area (TPSA) is 110 Å². The van der Waals surface area contributed by atoms with Crippen molar-refractivity contribution in [2.45, 2.75) is 26.3 Å². The molecule has 1 unspecified atom stereocenters. The molecule has 2 rings (SSSR count). The Bertz CT molecular complexity index is 606. The van der Waals surface area contributed by atoms with Crippen LogP contribution in [0.1, 0.15) is 18.9 Å². The van der Waals surface area contributed by atoms with E-state index in [0.29, 0.717) is 0 Å². The average Bonchev–Trinajstić information content (AvgIpc) is 2.81. The van der Waals surface area contributed by atoms with Crippen LogP contribution in [0.4, 0.5) is 5.69 Å². The van der Waals surface area contributed by atoms with Crippen LogP contribution in [0.3, 0.4) is 0 Å². The van der Waals surface area contributed by atoms with Crippen molar-refractivity contribution in [3.05, 3.63) is 29.8 Å². The van der Waals surface area contributed by atoms with Crippen LogP contribution in [-0.2, 0) is 14.4 Å². The Labute approximate surface area is 153 Å². The Morgan fingerprint density at radius 2 is 1.58 bits per heavy atom. The van der Waals surface area contributed by atoms with E-state index < -0.39 is 11.9 Å². The summed E-state index contributed by atoms with van der Waals surface area (Å²) < 4.78 is 0. The maximum Gasteiger partial charge on any atom is 0.414 e. The van der Waals surface area contributed by atoms with Crippen LogP contribution in [0, 0.1) is 6.92 Å². The van der Waals surface area contributed by atoms with Gasteiger partial charge in [-0.15, -0.1) is 0 Å². The fraction of sp³-hybridized carbons (Fsp3) is 0.500. The molecule has 8 heteroatoms. The second kappa shape index (κ2) is 10.5. The zero-order valence-corrected chi connectivity index (χ0v) is 15.4. The summed E-state index contributed by atoms with van der Waals surface area (Å²) >= 11 is 0. The number of benzene rings is 1. The lowest BCUT2D eigenvalue weighted by atomic mass is 10.2. The van der Waals surface area contributed by atoms with E-state index in [1.165, 1.54) is 5.56 Å². The van der Waals surface area contributed by atoms with Gasteiger partial charge in [-0.1, -0.05) is 17.7 Å². The lowest BCUT2D eigenvalue weighted by molar-refractivity contribution is -0.159. The summed E-state index contributed by atoms with van der Waals surface area (Å²) in [7, 11) is 2.14. The molecule has 0 radical (unpaired) electrons. The molecule has 0 spiro atoms. The number of hydrogen-bond donors (Lipinski definition) is 3. The van der Waals surface area contributed by atoms with Crippen molar-refractivity contribution in [1.29, 1.82) is 0 Å². The predicted octanol–water partition coefficient (Wildman–Crippen LogP) is 1.12. The van der Waals surface area contributed by atoms with Gasteiger partial charge in [0.1, 0.15) is 0 Å². The molecule has 1 aromatic rings. The van der Waals surface area contributed by atoms with E-state index in [4.69, 9.17) is 19.8 Å². The number of carbonyl (C=O) groups excluding carboxylic acids is 1. The molecule has 0 bridgehead atoms. The molecule has 1 aromatic carbocycles. The Morgan fingerprint density at radius 1 is 1.00 bits per heavy atom. The van der Waals surface area contributed by atoms with E-state index >= 15 is 0 Å². The van der Waals surface area contributed by atoms with Crippen LogP contribution in [0.2, 0.25) is 0 Å². The minimum atomic E-state index is -1.82. The molecule has 1 aliphatic rings. The standard InChI is InChI=1S/C16H25N3O.C2H2O4/c1-13-5-7-15(8-6-13)17-16(20)14(2)19-10-4-9-18(3)11-12-19;3-1(4)2(5)6/h5-8,14H,4,9-12H2,1-3H3,(H,17,20);(H,3,4)(H,5,6). The van der Waals surface area contributed by atoms with Gasteiger partial charge in [0.05, 0.1) is 6.04 Å². The zero-order chi connectivity index (χ0) is 19.7. The number of hydrogen-bond acceptors (Lipinski definition) is 5. The monoisotopic (exact) mass is 365 g/mol. The SMILES string of the molecule is Cc1ccc(NC(=O)C(C)N2CCCN(C)CC2)cc1.O=C(O)C(=O)O. The number of amides is 1. The molecular weight excluding hydrogens is 338 g/mol. The fourth-order valence-corrected chi connectivity index (χ4v) is 2.50. The van der Waals surface area contributed by atoms with Crippen molar-refractivity contribution >= 4 is 23.5 Å². The Morgan fingerprint density at radius 3 is 2.12 bits per heavy atom. The molecule has 1 amide bonds. The van der Waals surface area contributed by atoms with Crippen LogP contribution >= 0.6 is 0 Å². The summed E-state index contributed by atoms with van der Waals surface area (Å²) in [5.41, 5.74) is 2.07. The number of carboxylic acids is 2. The predicted molar refractivity (Wildman–Crippen MR) is 98.2 cm³/mol. The molecule has 0 aliphatic carbocycles. The maximum atomic E-state index is 12.3. The first kappa shape index (κ1) is 21.6. The van der Waals surface area contributed by atoms with Crippen molar-refractivity contribution in [3.63, 3.8) is 0 Å². The molecule has 0 aromatic heterocycles. The van der Waals surface area contributed by atoms with Crippen LogP contribution in [0.25, 0.3) is 0 Å². The molecule has 1 aliphatic heterocycles. The van der Waals surface area contributed by atoms with E-state index in [-0.39, 0.29) is 11.9 Å². The van der Waals surface area contributed by atoms with Gasteiger partial charge in [-0.05, 0) is 46.0 Å². The zero-order valence-electron chi connectivity index (χ0n) is 15.4. The van der Waals surface area contributed by atoms with E-state index in [1.807, 2.05) is 38.1 Å². The highest BCUT2D eigenvalue weighted by Crippen LogP contribution is 2.12. The number of likely N-dealkylation sites (N-methyl/N-ethyl adjacent to an activating group) is 1. The maximum absolute atomic E-state index is 12.3. The van der Waals surface area contributed by atoms with E-state index in [0.717, 1.165) is 38.3 Å². The number of carboxylic acid groups (broad SMARTS) is 2. The molecule has 1 atom stereocenters. The first-order valence-electron chi connectivity index (χ1n) is 8.47. The van der Waals surface area contributed by atoms with E-state index in [2.05, 4.69) is 22.2 Å². The molecule has 0 saturated carbocycles. The van der Waals surface area contributed by atoms with Gasteiger partial charge in [-0.3, -0.25) is 9.69 Å². The van der Waals surface area contributed by atoms with E-state index in [1.54, 1.807) is 0 Å². The first-order valence-corrected chi connectivity index (χ1v) is 8.47. The van der Waals surface area contributed by atoms with Gasteiger partial charge >= 0.3 is 11.9 Å². The third-order valence-electron chi connectivity index (χ3n) is 4.18. The summed E-state index contributed by atoms with van der Waals surface area (Å²) in [5.74, 6) is -3.57. The number of aliphatic carboxylic acids is 2. The Balaban J connectivity index is 0.000000487. The van der Waals surface area contributed by atoms with Gasteiger partial charge in [0, 0.05) is 25.3 Å². The number of aryl methyl sites for hydroxylation is 1. The number of carbonyl (C=O) groups is 3. The van der Waals surface area contributed by atoms with Gasteiger partial charge in [-0.25, -0.2) is 9.59 Å². The molecule has 3 N–H and O–H groups in total. The summed E-state index contributed by atoms with van der Waals surface area (Å²) in [5, 5.41) is 17.8. The normalized spacial score (nSPS) is 16.6. The van der Waals surface area contributed by atoms with Crippen LogP contribution in [0.15, 0.2) is 24.3 Å². The van der Waals surface area contributed by atoms with Crippen molar-refractivity contribution in [1.82, 2.24) is 9.80 Å². The Hall–Kier alpha value is -2.45. The average molecular weight is 365 g/mol. The van der Waals surface area contributed by atoms with Gasteiger partial charge in [0.25, 0.3) is 0 Å². The molecular formula is C18H27N3O5. The minimum Gasteiger partial charge on any atom is -0.473 e. The highest BCUT2D eigenvalue weighted by molar-refractivity contribution is 6.27. The fourth-order valence-electron chi connectivity index (χ4n) is 2.50. The van der Waals surface area contributed by atoms with Crippen molar-refractivity contribution in [2.75, 3.05) is 38.5 Å². The summed E-state index contributed by atoms with van der Waals surface area (Å²) in [6, 6.07) is 7.86. The quantitative estimate of drug-likeness (QED) is 0.688. The smallest absolute Gasteiger partial charge is 0.414 e. The highest BCUT2D eigenvalue weighted by atomic mass is 16.4. The van der Waals surface area contributed by atoms with Crippen molar-refractivity contribution in [2.24, 2.45) is 0 Å². The second-order valence-electron chi connectivity index (χ2n) is 6.33. The lowest BCUT2D eigenvalue weighted by Gasteiger charge is -2.26. The third-order valence-corrected chi connectivity index (χ3v) is 4.18. The molecule has 8 nitrogen and oxygen atoms in total. The van der Waals surface area contributed by atoms with E-state index in [9.17, 15) is 4.79 Å². The first-order chi connectivity index (χ1) is 12.2. The largest absolute Gasteiger partial charge is 0.473 e. The molecule has 1 saturated heterocycles. The van der Waals surface area contributed by atoms with Crippen LogP contribution < -0.4 is 5.32 Å². The molecule has 1 fully saturated rings.